The predicted octanol–water partition coefficient (Wildman–Crippen LogP) is -10.5. The second-order valence-corrected chi connectivity index (χ2v) is 28.1. The van der Waals surface area contributed by atoms with Gasteiger partial charge in [-0.1, -0.05) is 0 Å². The molecule has 522 valence electrons. The van der Waals surface area contributed by atoms with Crippen molar-refractivity contribution in [2.45, 2.75) is 123 Å². The lowest BCUT2D eigenvalue weighted by Crippen LogP contribution is -2.55. The maximum absolute atomic E-state index is 12.8. The first kappa shape index (κ1) is 70.6. The van der Waals surface area contributed by atoms with Crippen LogP contribution in [0.5, 0.6) is 0 Å². The molecule has 11 rings (SSSR count). The number of fused-ring (bicyclic) bond motifs is 3. The Morgan fingerprint density at radius 3 is 1.05 bits per heavy atom. The Bertz CT molecular complexity index is 3330. The van der Waals surface area contributed by atoms with Crippen molar-refractivity contribution < 1.29 is 153 Å². The summed E-state index contributed by atoms with van der Waals surface area (Å²) < 4.78 is 68.7. The van der Waals surface area contributed by atoms with Crippen LogP contribution in [-0.2, 0) is 55.1 Å². The van der Waals surface area contributed by atoms with E-state index in [0.29, 0.717) is 0 Å². The largest absolute Gasteiger partial charge is 0.570 e. The number of ether oxygens (including phenoxy) is 4. The third-order valence-corrected chi connectivity index (χ3v) is 18.8. The number of aliphatic hydroxyl groups excluding tert-OH is 4. The van der Waals surface area contributed by atoms with Crippen LogP contribution in [0.3, 0.4) is 0 Å². The Balaban J connectivity index is 0.828. The van der Waals surface area contributed by atoms with Gasteiger partial charge < -0.3 is 82.3 Å². The maximum atomic E-state index is 12.8. The van der Waals surface area contributed by atoms with Gasteiger partial charge in [-0.2, -0.15) is 76.8 Å². The van der Waals surface area contributed by atoms with Gasteiger partial charge in [-0.25, -0.2) is 19.7 Å². The van der Waals surface area contributed by atoms with Crippen LogP contribution in [0.2, 0.25) is 0 Å². The number of nitrogens with zero attached hydrogens (tertiary/aromatic N) is 7. The Morgan fingerprint density at radius 1 is 0.426 bits per heavy atom. The minimum Gasteiger partial charge on any atom is -0.385 e. The number of hydrogen-bond donors (Lipinski definition) is 27. The summed E-state index contributed by atoms with van der Waals surface area (Å²) >= 11 is 0. The smallest absolute Gasteiger partial charge is 0.385 e. The summed E-state index contributed by atoms with van der Waals surface area (Å²) in [4.78, 5) is 191. The summed E-state index contributed by atoms with van der Waals surface area (Å²) in [6.07, 6.45) is -30.9. The number of carbonyl (C=O) groups excluding carboxylic acids is 4. The highest BCUT2D eigenvalue weighted by molar-refractivity contribution is 7.55. The second-order valence-electron chi connectivity index (χ2n) is 21.2. The van der Waals surface area contributed by atoms with E-state index in [2.05, 4.69) is 56.7 Å². The molecule has 11 heterocycles. The summed E-state index contributed by atoms with van der Waals surface area (Å²) in [5.41, 5.74) is 22.6. The van der Waals surface area contributed by atoms with Crippen molar-refractivity contribution in [3.8, 4) is 0 Å². The van der Waals surface area contributed by atoms with Gasteiger partial charge in [-0.3, -0.25) is 50.2 Å². The number of hydrogen-bond acceptors (Lipinski definition) is 42. The Hall–Kier alpha value is -4.68. The van der Waals surface area contributed by atoms with Crippen LogP contribution in [0.15, 0.2) is 31.3 Å². The maximum Gasteiger partial charge on any atom is 0.570 e. The number of imidazole rings is 3. The van der Waals surface area contributed by atoms with Crippen molar-refractivity contribution in [3.63, 3.8) is 0 Å². The first-order chi connectivity index (χ1) is 43.9. The molecular formula is C39H64N18O32P5+5. The van der Waals surface area contributed by atoms with Crippen LogP contribution in [0, 0.1) is 0 Å². The van der Waals surface area contributed by atoms with E-state index in [1.54, 1.807) is 0 Å². The number of anilines is 3. The minimum atomic E-state index is -5.59. The second kappa shape index (κ2) is 26.9. The molecule has 0 saturated carbocycles. The molecule has 4 fully saturated rings. The normalized spacial score (nSPS) is 34.5. The minimum absolute atomic E-state index is 0.121. The fourth-order valence-corrected chi connectivity index (χ4v) is 14.6. The van der Waals surface area contributed by atoms with Crippen molar-refractivity contribution in [2.75, 3.05) is 42.4 Å². The molecule has 0 bridgehead atoms. The van der Waals surface area contributed by atoms with Gasteiger partial charge in [0.2, 0.25) is 0 Å². The number of nitrogens with one attached hydrogen (secondary N) is 7. The average Bonchev–Trinajstić information content (AvgIpc) is 1.63. The van der Waals surface area contributed by atoms with Crippen LogP contribution in [0.1, 0.15) is 50.1 Å². The number of aliphatic hydroxyl groups is 4. The van der Waals surface area contributed by atoms with Crippen LogP contribution in [0.4, 0.5) is 22.2 Å². The molecule has 3 aromatic rings. The molecule has 8 aliphatic rings. The molecule has 94 heavy (non-hydrogen) atoms. The lowest BCUT2D eigenvalue weighted by Gasteiger charge is -2.31. The number of rotatable bonds is 24. The highest BCUT2D eigenvalue weighted by Crippen LogP contribution is 2.61. The number of nitrogens with two attached hydrogens (primary N) is 4. The molecule has 8 aliphatic heterocycles. The van der Waals surface area contributed by atoms with E-state index in [9.17, 15) is 98.3 Å². The monoisotopic (exact) mass is 1450 g/mol. The molecule has 4 saturated heterocycles. The van der Waals surface area contributed by atoms with E-state index >= 15 is 0 Å². The lowest BCUT2D eigenvalue weighted by molar-refractivity contribution is -0.0748. The highest BCUT2D eigenvalue weighted by atomic mass is 31.2. The summed E-state index contributed by atoms with van der Waals surface area (Å²) in [6, 6.07) is -0.943. The molecular weight excluding hydrogens is 1390 g/mol. The fraction of sp³-hybridized carbons (Fsp3) is 0.615. The number of amides is 5. The van der Waals surface area contributed by atoms with Crippen molar-refractivity contribution in [1.29, 1.82) is 0 Å². The van der Waals surface area contributed by atoms with E-state index in [1.807, 2.05) is 0 Å². The topological polar surface area (TPSA) is 748 Å². The lowest BCUT2D eigenvalue weighted by atomic mass is 10.1. The van der Waals surface area contributed by atoms with Gasteiger partial charge in [0.1, 0.15) is 92.7 Å². The van der Waals surface area contributed by atoms with E-state index in [1.165, 1.54) is 6.08 Å². The predicted molar refractivity (Wildman–Crippen MR) is 300 cm³/mol. The molecule has 4 unspecified atom stereocenters. The van der Waals surface area contributed by atoms with Crippen molar-refractivity contribution >= 4 is 82.1 Å². The SMILES string of the molecule is NC1C=CN([C@@H]2O[C@H](CO[P+](O)(O)O[C@H]3[C@@H](O)[C@H](n4cnc5c4NC(N)NC5=O)O[C@@H]3CO[P+](O)(O)O[C@H]3[C@@H](O)[C@H](n4cnc5c4NC(N)NC5=O)O[C@@H]3CO[P+](O)(O)O[C@H]3[C@@H](O)[C@H](n4cnc5c4NC(N)NC5=O)O[C@@H]3CO[P+](O)(O)O)[C@@H](O[P+](O)(O)O)[C@H]2O)C(=O)N1. The van der Waals surface area contributed by atoms with Gasteiger partial charge in [-0.15, -0.1) is 18.1 Å². The van der Waals surface area contributed by atoms with Gasteiger partial charge in [0.25, 0.3) is 17.7 Å². The third-order valence-electron chi connectivity index (χ3n) is 14.7. The first-order valence-corrected chi connectivity index (χ1v) is 34.7. The van der Waals surface area contributed by atoms with Gasteiger partial charge in [-0.05, 0) is 6.08 Å². The molecule has 3 aromatic heterocycles. The van der Waals surface area contributed by atoms with Gasteiger partial charge >= 0.3 is 46.9 Å². The Labute approximate surface area is 526 Å². The van der Waals surface area contributed by atoms with Gasteiger partial charge in [0, 0.05) is 6.20 Å². The number of carbonyl (C=O) groups is 4. The molecule has 31 N–H and O–H groups in total. The molecule has 0 aromatic carbocycles. The molecule has 50 nitrogen and oxygen atoms in total. The molecule has 5 amide bonds. The first-order valence-electron chi connectivity index (χ1n) is 27.0. The number of aromatic nitrogens is 6. The summed E-state index contributed by atoms with van der Waals surface area (Å²) in [6.45, 7) is -4.68. The van der Waals surface area contributed by atoms with Gasteiger partial charge in [0.05, 0.1) is 25.1 Å². The third kappa shape index (κ3) is 15.1. The highest BCUT2D eigenvalue weighted by Gasteiger charge is 2.63. The molecule has 0 radical (unpaired) electrons. The van der Waals surface area contributed by atoms with E-state index in [4.69, 9.17) is 73.5 Å². The van der Waals surface area contributed by atoms with E-state index < -0.39 is 214 Å². The van der Waals surface area contributed by atoms with Crippen LogP contribution in [-0.4, -0.2) is 267 Å². The summed E-state index contributed by atoms with van der Waals surface area (Å²) in [5.74, 6) is -2.88. The molecule has 55 heteroatoms. The number of urea groups is 1. The van der Waals surface area contributed by atoms with E-state index in [-0.39, 0.29) is 34.5 Å². The van der Waals surface area contributed by atoms with E-state index in [0.717, 1.165) is 43.8 Å². The Morgan fingerprint density at radius 2 is 0.734 bits per heavy atom. The summed E-state index contributed by atoms with van der Waals surface area (Å²) in [7, 11) is -26.9. The molecule has 0 spiro atoms. The van der Waals surface area contributed by atoms with Crippen LogP contribution >= 0.6 is 40.9 Å². The van der Waals surface area contributed by atoms with Crippen LogP contribution in [0.25, 0.3) is 0 Å². The quantitative estimate of drug-likeness (QED) is 0.0370. The van der Waals surface area contributed by atoms with Crippen molar-refractivity contribution in [2.24, 2.45) is 22.9 Å². The standard InChI is InChI=1S/C39H60N18O32P5/c40-14-1-2-54(39(65)47-14)32-18(58)22(86-91(69,70)71)11(82-32)4-79-92(72,73)88-24-13(85-34(20(24)60)56-8-45-16-27(56)49-37(42)52-30(16)63)6-81-94(76,77)89-25-12(84-35(21(25)61)57-9-46-17-28(57)50-38(43)53-31(17)64)5-80-93(74,75)87-23-10(3-78-90(66,67)68)83-33(19(23)59)55-7-44-15-26(55)48-36(41)51-29(15)62/h1-2,7-14,18-25,32-38,58-61,66-77H,3-6,40-43H2,(H3-4,47,48,49,50,51,52,53,62,63,64,65)/q+1/p+4/t10-,11-,12-,13-,14?,18-,19-,20-,21-,22-,23-,24-,25-,32-,33-,34-,35-,36?,37?,38?/m1/s1. The van der Waals surface area contributed by atoms with Crippen molar-refractivity contribution in [3.05, 3.63) is 48.3 Å². The van der Waals surface area contributed by atoms with Crippen molar-refractivity contribution in [1.82, 2.24) is 54.8 Å². The fourth-order valence-electron chi connectivity index (χ4n) is 10.8. The Kier molecular flexibility index (Phi) is 20.2. The zero-order valence-electron chi connectivity index (χ0n) is 47.1. The summed E-state index contributed by atoms with van der Waals surface area (Å²) in [5, 5.41) is 64.0. The molecule has 20 atom stereocenters. The molecule has 0 aliphatic carbocycles. The average molecular weight is 1450 g/mol. The van der Waals surface area contributed by atoms with Crippen LogP contribution < -0.4 is 60.2 Å². The zero-order valence-corrected chi connectivity index (χ0v) is 51.6. The van der Waals surface area contributed by atoms with Gasteiger partial charge in [0.15, 0.2) is 85.3 Å². The zero-order chi connectivity index (χ0) is 68.1.